The number of nitrogens with zero attached hydrogens (tertiary/aromatic N) is 2. The van der Waals surface area contributed by atoms with Gasteiger partial charge in [-0.15, -0.1) is 10.2 Å². The van der Waals surface area contributed by atoms with E-state index in [0.29, 0.717) is 6.54 Å². The Morgan fingerprint density at radius 3 is 3.20 bits per heavy atom. The summed E-state index contributed by atoms with van der Waals surface area (Å²) in [6.07, 6.45) is 1.66. The van der Waals surface area contributed by atoms with Crippen LogP contribution in [0.5, 0.6) is 0 Å². The van der Waals surface area contributed by atoms with E-state index in [1.807, 2.05) is 12.1 Å². The largest absolute Gasteiger partial charge is 0.467 e. The van der Waals surface area contributed by atoms with E-state index < -0.39 is 0 Å². The van der Waals surface area contributed by atoms with Gasteiger partial charge in [-0.25, -0.2) is 0 Å². The maximum atomic E-state index is 5.20. The maximum Gasteiger partial charge on any atom is 0.206 e. The molecular formula is C9H11N3OS2. The second-order valence-corrected chi connectivity index (χ2v) is 5.23. The summed E-state index contributed by atoms with van der Waals surface area (Å²) in [5, 5.41) is 12.1. The molecule has 6 heteroatoms. The second kappa shape index (κ2) is 5.18. The van der Waals surface area contributed by atoms with Crippen molar-refractivity contribution in [1.82, 2.24) is 10.2 Å². The topological polar surface area (TPSA) is 51.0 Å². The Kier molecular flexibility index (Phi) is 3.63. The average Bonchev–Trinajstić information content (AvgIpc) is 2.85. The summed E-state index contributed by atoms with van der Waals surface area (Å²) in [6.45, 7) is 2.75. The Hall–Kier alpha value is -1.01. The van der Waals surface area contributed by atoms with E-state index in [2.05, 4.69) is 22.4 Å². The number of furan rings is 1. The first-order valence-corrected chi connectivity index (χ1v) is 6.41. The summed E-state index contributed by atoms with van der Waals surface area (Å²) < 4.78 is 6.20. The molecule has 0 bridgehead atoms. The van der Waals surface area contributed by atoms with Crippen LogP contribution in [0.4, 0.5) is 5.13 Å². The highest BCUT2D eigenvalue weighted by molar-refractivity contribution is 8.01. The van der Waals surface area contributed by atoms with Crippen molar-refractivity contribution in [2.75, 3.05) is 11.1 Å². The fourth-order valence-electron chi connectivity index (χ4n) is 1.04. The lowest BCUT2D eigenvalue weighted by atomic mass is 10.4. The lowest BCUT2D eigenvalue weighted by Crippen LogP contribution is -1.96. The van der Waals surface area contributed by atoms with Gasteiger partial charge in [-0.05, 0) is 17.9 Å². The molecule has 1 N–H and O–H groups in total. The van der Waals surface area contributed by atoms with Crippen molar-refractivity contribution >= 4 is 28.2 Å². The summed E-state index contributed by atoms with van der Waals surface area (Å²) in [5.41, 5.74) is 0. The molecular weight excluding hydrogens is 230 g/mol. The molecule has 0 radical (unpaired) electrons. The smallest absolute Gasteiger partial charge is 0.206 e. The Labute approximate surface area is 96.1 Å². The van der Waals surface area contributed by atoms with E-state index in [1.165, 1.54) is 0 Å². The summed E-state index contributed by atoms with van der Waals surface area (Å²) in [5.74, 6) is 1.92. The fourth-order valence-corrected chi connectivity index (χ4v) is 2.68. The first-order valence-electron chi connectivity index (χ1n) is 4.61. The number of hydrogen-bond acceptors (Lipinski definition) is 6. The first kappa shape index (κ1) is 10.5. The van der Waals surface area contributed by atoms with E-state index in [9.17, 15) is 0 Å². The summed E-state index contributed by atoms with van der Waals surface area (Å²) in [4.78, 5) is 0. The second-order valence-electron chi connectivity index (χ2n) is 2.74. The fraction of sp³-hybridized carbons (Fsp3) is 0.333. The van der Waals surface area contributed by atoms with Crippen LogP contribution >= 0.6 is 23.1 Å². The van der Waals surface area contributed by atoms with Crippen LogP contribution in [0, 0.1) is 0 Å². The van der Waals surface area contributed by atoms with Crippen LogP contribution in [-0.2, 0) is 6.54 Å². The van der Waals surface area contributed by atoms with Crippen LogP contribution in [-0.4, -0.2) is 16.0 Å². The van der Waals surface area contributed by atoms with Crippen molar-refractivity contribution in [3.63, 3.8) is 0 Å². The molecule has 0 saturated carbocycles. The molecule has 0 unspecified atom stereocenters. The quantitative estimate of drug-likeness (QED) is 0.816. The van der Waals surface area contributed by atoms with E-state index in [-0.39, 0.29) is 0 Å². The SMILES string of the molecule is CCSc1nnc(NCc2ccco2)s1. The zero-order valence-corrected chi connectivity index (χ0v) is 9.90. The predicted molar refractivity (Wildman–Crippen MR) is 62.3 cm³/mol. The number of thioether (sulfide) groups is 1. The van der Waals surface area contributed by atoms with Gasteiger partial charge < -0.3 is 9.73 Å². The monoisotopic (exact) mass is 241 g/mol. The molecule has 0 aromatic carbocycles. The Morgan fingerprint density at radius 2 is 2.47 bits per heavy atom. The van der Waals surface area contributed by atoms with Crippen LogP contribution < -0.4 is 5.32 Å². The average molecular weight is 241 g/mol. The number of aromatic nitrogens is 2. The highest BCUT2D eigenvalue weighted by Crippen LogP contribution is 2.25. The molecule has 2 rings (SSSR count). The third-order valence-electron chi connectivity index (χ3n) is 1.67. The Balaban J connectivity index is 1.88. The van der Waals surface area contributed by atoms with Gasteiger partial charge in [0.1, 0.15) is 5.76 Å². The van der Waals surface area contributed by atoms with E-state index >= 15 is 0 Å². The van der Waals surface area contributed by atoms with E-state index in [4.69, 9.17) is 4.42 Å². The number of rotatable bonds is 5. The van der Waals surface area contributed by atoms with Crippen molar-refractivity contribution in [2.24, 2.45) is 0 Å². The third-order valence-corrected chi connectivity index (χ3v) is 3.56. The molecule has 0 spiro atoms. The molecule has 4 nitrogen and oxygen atoms in total. The van der Waals surface area contributed by atoms with Crippen LogP contribution in [0.15, 0.2) is 27.2 Å². The minimum Gasteiger partial charge on any atom is -0.467 e. The van der Waals surface area contributed by atoms with Gasteiger partial charge in [0.05, 0.1) is 12.8 Å². The van der Waals surface area contributed by atoms with Gasteiger partial charge in [-0.1, -0.05) is 30.0 Å². The molecule has 2 aromatic rings. The first-order chi connectivity index (χ1) is 7.38. The molecule has 0 aliphatic rings. The van der Waals surface area contributed by atoms with E-state index in [1.54, 1.807) is 29.4 Å². The zero-order chi connectivity index (χ0) is 10.5. The van der Waals surface area contributed by atoms with Crippen LogP contribution in [0.3, 0.4) is 0 Å². The van der Waals surface area contributed by atoms with Crippen molar-refractivity contribution in [2.45, 2.75) is 17.8 Å². The molecule has 2 heterocycles. The van der Waals surface area contributed by atoms with Crippen LogP contribution in [0.25, 0.3) is 0 Å². The van der Waals surface area contributed by atoms with Gasteiger partial charge in [-0.3, -0.25) is 0 Å². The van der Waals surface area contributed by atoms with Gasteiger partial charge >= 0.3 is 0 Å². The van der Waals surface area contributed by atoms with Crippen molar-refractivity contribution in [1.29, 1.82) is 0 Å². The van der Waals surface area contributed by atoms with Crippen molar-refractivity contribution < 1.29 is 4.42 Å². The lowest BCUT2D eigenvalue weighted by molar-refractivity contribution is 0.518. The van der Waals surface area contributed by atoms with E-state index in [0.717, 1.165) is 21.0 Å². The lowest BCUT2D eigenvalue weighted by Gasteiger charge is -1.96. The Morgan fingerprint density at radius 1 is 1.53 bits per heavy atom. The number of anilines is 1. The molecule has 0 saturated heterocycles. The van der Waals surface area contributed by atoms with Crippen LogP contribution in [0.1, 0.15) is 12.7 Å². The molecule has 2 aromatic heterocycles. The Bertz CT molecular complexity index is 399. The molecule has 0 aliphatic carbocycles. The minimum absolute atomic E-state index is 0.651. The standard InChI is InChI=1S/C9H11N3OS2/c1-2-14-9-12-11-8(15-9)10-6-7-4-3-5-13-7/h3-5H,2,6H2,1H3,(H,10,11). The zero-order valence-electron chi connectivity index (χ0n) is 8.27. The summed E-state index contributed by atoms with van der Waals surface area (Å²) in [7, 11) is 0. The normalized spacial score (nSPS) is 10.5. The molecule has 0 aliphatic heterocycles. The predicted octanol–water partition coefficient (Wildman–Crippen LogP) is 2.86. The minimum atomic E-state index is 0.651. The molecule has 80 valence electrons. The van der Waals surface area contributed by atoms with Gasteiger partial charge in [0.2, 0.25) is 5.13 Å². The highest BCUT2D eigenvalue weighted by Gasteiger charge is 2.03. The number of hydrogen-bond donors (Lipinski definition) is 1. The summed E-state index contributed by atoms with van der Waals surface area (Å²) >= 11 is 3.27. The van der Waals surface area contributed by atoms with Crippen molar-refractivity contribution in [3.8, 4) is 0 Å². The third kappa shape index (κ3) is 2.97. The maximum absolute atomic E-state index is 5.20. The highest BCUT2D eigenvalue weighted by atomic mass is 32.2. The van der Waals surface area contributed by atoms with Crippen molar-refractivity contribution in [3.05, 3.63) is 24.2 Å². The molecule has 0 fully saturated rings. The number of nitrogens with one attached hydrogen (secondary N) is 1. The molecule has 15 heavy (non-hydrogen) atoms. The van der Waals surface area contributed by atoms with Gasteiger partial charge in [0, 0.05) is 0 Å². The van der Waals surface area contributed by atoms with Crippen LogP contribution in [0.2, 0.25) is 0 Å². The summed E-state index contributed by atoms with van der Waals surface area (Å²) in [6, 6.07) is 3.80. The molecule has 0 amide bonds. The van der Waals surface area contributed by atoms with Gasteiger partial charge in [0.25, 0.3) is 0 Å². The van der Waals surface area contributed by atoms with Gasteiger partial charge in [-0.2, -0.15) is 0 Å². The van der Waals surface area contributed by atoms with Gasteiger partial charge in [0.15, 0.2) is 4.34 Å². The molecule has 0 atom stereocenters.